The molecule has 20 heavy (non-hydrogen) atoms. The largest absolute Gasteiger partial charge is 0.435 e. The topological polar surface area (TPSA) is 24.5 Å². The van der Waals surface area contributed by atoms with Crippen molar-refractivity contribution >= 4 is 0 Å². The predicted molar refractivity (Wildman–Crippen MR) is 75.0 cm³/mol. The monoisotopic (exact) mass is 284 g/mol. The molecule has 1 atom stereocenters. The fourth-order valence-corrected chi connectivity index (χ4v) is 2.53. The SMILES string of the molecule is CC(CNCc1ccc(OC(F)F)cc1)N1CCCC1. The van der Waals surface area contributed by atoms with E-state index in [0.29, 0.717) is 6.04 Å². The molecule has 0 aromatic heterocycles. The van der Waals surface area contributed by atoms with Crippen molar-refractivity contribution in [1.82, 2.24) is 10.2 Å². The molecule has 1 aliphatic rings. The molecule has 1 aromatic carbocycles. The van der Waals surface area contributed by atoms with Crippen molar-refractivity contribution in [1.29, 1.82) is 0 Å². The molecule has 0 amide bonds. The predicted octanol–water partition coefficient (Wildman–Crippen LogP) is 2.86. The van der Waals surface area contributed by atoms with Crippen LogP contribution in [0.15, 0.2) is 24.3 Å². The van der Waals surface area contributed by atoms with Crippen LogP contribution in [0.2, 0.25) is 0 Å². The number of likely N-dealkylation sites (tertiary alicyclic amines) is 1. The van der Waals surface area contributed by atoms with Gasteiger partial charge in [0.1, 0.15) is 5.75 Å². The van der Waals surface area contributed by atoms with E-state index in [0.717, 1.165) is 18.7 Å². The number of rotatable bonds is 7. The van der Waals surface area contributed by atoms with E-state index >= 15 is 0 Å². The standard InChI is InChI=1S/C15H22F2N2O/c1-12(19-8-2-3-9-19)10-18-11-13-4-6-14(7-5-13)20-15(16)17/h4-7,12,15,18H,2-3,8-11H2,1H3. The molecule has 0 bridgehead atoms. The third-order valence-electron chi connectivity index (χ3n) is 3.68. The normalized spacial score (nSPS) is 17.6. The minimum atomic E-state index is -2.76. The number of benzene rings is 1. The Bertz CT molecular complexity index is 391. The second-order valence-electron chi connectivity index (χ2n) is 5.25. The van der Waals surface area contributed by atoms with Gasteiger partial charge in [0.25, 0.3) is 0 Å². The summed E-state index contributed by atoms with van der Waals surface area (Å²) in [7, 11) is 0. The minimum Gasteiger partial charge on any atom is -0.435 e. The Morgan fingerprint density at radius 1 is 1.20 bits per heavy atom. The zero-order valence-electron chi connectivity index (χ0n) is 11.8. The Morgan fingerprint density at radius 2 is 1.85 bits per heavy atom. The molecule has 1 aromatic rings. The highest BCUT2D eigenvalue weighted by molar-refractivity contribution is 5.27. The molecule has 0 radical (unpaired) electrons. The quantitative estimate of drug-likeness (QED) is 0.833. The van der Waals surface area contributed by atoms with Crippen LogP contribution < -0.4 is 10.1 Å². The van der Waals surface area contributed by atoms with Gasteiger partial charge in [-0.05, 0) is 50.6 Å². The molecular formula is C15H22F2N2O. The first-order valence-corrected chi connectivity index (χ1v) is 7.13. The fourth-order valence-electron chi connectivity index (χ4n) is 2.53. The highest BCUT2D eigenvalue weighted by Gasteiger charge is 2.17. The van der Waals surface area contributed by atoms with E-state index in [-0.39, 0.29) is 5.75 Å². The molecule has 0 saturated carbocycles. The maximum Gasteiger partial charge on any atom is 0.387 e. The van der Waals surface area contributed by atoms with E-state index in [9.17, 15) is 8.78 Å². The molecule has 0 spiro atoms. The molecule has 1 heterocycles. The summed E-state index contributed by atoms with van der Waals surface area (Å²) in [6, 6.07) is 7.32. The minimum absolute atomic E-state index is 0.203. The van der Waals surface area contributed by atoms with Crippen molar-refractivity contribution in [2.24, 2.45) is 0 Å². The lowest BCUT2D eigenvalue weighted by Crippen LogP contribution is -2.38. The summed E-state index contributed by atoms with van der Waals surface area (Å²) in [5.74, 6) is 0.203. The van der Waals surface area contributed by atoms with E-state index in [4.69, 9.17) is 0 Å². The number of ether oxygens (including phenoxy) is 1. The Labute approximate surface area is 118 Å². The van der Waals surface area contributed by atoms with Crippen LogP contribution in [0.25, 0.3) is 0 Å². The highest BCUT2D eigenvalue weighted by atomic mass is 19.3. The highest BCUT2D eigenvalue weighted by Crippen LogP contribution is 2.15. The van der Waals surface area contributed by atoms with Crippen LogP contribution in [-0.4, -0.2) is 37.2 Å². The van der Waals surface area contributed by atoms with Crippen molar-refractivity contribution in [3.05, 3.63) is 29.8 Å². The Kier molecular flexibility index (Phi) is 5.73. The van der Waals surface area contributed by atoms with Crippen LogP contribution in [0.4, 0.5) is 8.78 Å². The molecule has 1 aliphatic heterocycles. The van der Waals surface area contributed by atoms with Gasteiger partial charge in [-0.25, -0.2) is 0 Å². The van der Waals surface area contributed by atoms with Crippen LogP contribution in [-0.2, 0) is 6.54 Å². The van der Waals surface area contributed by atoms with Gasteiger partial charge < -0.3 is 10.1 Å². The van der Waals surface area contributed by atoms with E-state index in [2.05, 4.69) is 21.9 Å². The van der Waals surface area contributed by atoms with Crippen molar-refractivity contribution in [3.8, 4) is 5.75 Å². The number of halogens is 2. The van der Waals surface area contributed by atoms with E-state index in [1.54, 1.807) is 12.1 Å². The van der Waals surface area contributed by atoms with Gasteiger partial charge in [-0.1, -0.05) is 12.1 Å². The smallest absolute Gasteiger partial charge is 0.387 e. The molecule has 1 saturated heterocycles. The molecule has 0 aliphatic carbocycles. The first-order chi connectivity index (χ1) is 9.65. The number of hydrogen-bond donors (Lipinski definition) is 1. The zero-order chi connectivity index (χ0) is 14.4. The van der Waals surface area contributed by atoms with Gasteiger partial charge >= 0.3 is 6.61 Å². The summed E-state index contributed by atoms with van der Waals surface area (Å²) >= 11 is 0. The number of alkyl halides is 2. The van der Waals surface area contributed by atoms with Crippen LogP contribution in [0, 0.1) is 0 Å². The van der Waals surface area contributed by atoms with E-state index in [1.165, 1.54) is 25.9 Å². The molecule has 2 rings (SSSR count). The first-order valence-electron chi connectivity index (χ1n) is 7.13. The van der Waals surface area contributed by atoms with Crippen molar-refractivity contribution in [3.63, 3.8) is 0 Å². The lowest BCUT2D eigenvalue weighted by molar-refractivity contribution is -0.0498. The zero-order valence-corrected chi connectivity index (χ0v) is 11.8. The molecule has 1 unspecified atom stereocenters. The lowest BCUT2D eigenvalue weighted by Gasteiger charge is -2.24. The number of nitrogens with zero attached hydrogens (tertiary/aromatic N) is 1. The molecule has 112 valence electrons. The average Bonchev–Trinajstić information content (AvgIpc) is 2.94. The summed E-state index contributed by atoms with van der Waals surface area (Å²) in [5, 5.41) is 3.41. The van der Waals surface area contributed by atoms with Crippen molar-refractivity contribution in [2.45, 2.75) is 39.0 Å². The molecular weight excluding hydrogens is 262 g/mol. The van der Waals surface area contributed by atoms with E-state index in [1.807, 2.05) is 12.1 Å². The van der Waals surface area contributed by atoms with Gasteiger partial charge in [0.05, 0.1) is 0 Å². The Morgan fingerprint density at radius 3 is 2.45 bits per heavy atom. The first kappa shape index (κ1) is 15.2. The molecule has 1 N–H and O–H groups in total. The number of hydrogen-bond acceptors (Lipinski definition) is 3. The number of nitrogens with one attached hydrogen (secondary N) is 1. The fraction of sp³-hybridized carbons (Fsp3) is 0.600. The Hall–Kier alpha value is -1.20. The summed E-state index contributed by atoms with van der Waals surface area (Å²) < 4.78 is 28.4. The maximum atomic E-state index is 12.0. The van der Waals surface area contributed by atoms with Gasteiger partial charge in [-0.2, -0.15) is 8.78 Å². The van der Waals surface area contributed by atoms with Crippen molar-refractivity contribution < 1.29 is 13.5 Å². The van der Waals surface area contributed by atoms with Gasteiger partial charge in [-0.3, -0.25) is 4.90 Å². The maximum absolute atomic E-state index is 12.0. The second-order valence-corrected chi connectivity index (χ2v) is 5.25. The summed E-state index contributed by atoms with van der Waals surface area (Å²) in [4.78, 5) is 2.49. The third-order valence-corrected chi connectivity index (χ3v) is 3.68. The molecule has 1 fully saturated rings. The van der Waals surface area contributed by atoms with Gasteiger partial charge in [0, 0.05) is 19.1 Å². The van der Waals surface area contributed by atoms with Gasteiger partial charge in [0.15, 0.2) is 0 Å². The van der Waals surface area contributed by atoms with Crippen LogP contribution in [0.3, 0.4) is 0 Å². The Balaban J connectivity index is 1.70. The van der Waals surface area contributed by atoms with Crippen LogP contribution >= 0.6 is 0 Å². The summed E-state index contributed by atoms with van der Waals surface area (Å²) in [5.41, 5.74) is 1.07. The third kappa shape index (κ3) is 4.72. The summed E-state index contributed by atoms with van der Waals surface area (Å²) in [6.45, 7) is 3.55. The average molecular weight is 284 g/mol. The van der Waals surface area contributed by atoms with E-state index < -0.39 is 6.61 Å². The summed E-state index contributed by atoms with van der Waals surface area (Å²) in [6.07, 6.45) is 2.60. The lowest BCUT2D eigenvalue weighted by atomic mass is 10.2. The van der Waals surface area contributed by atoms with Gasteiger partial charge in [0.2, 0.25) is 0 Å². The second kappa shape index (κ2) is 7.55. The molecule has 5 heteroatoms. The van der Waals surface area contributed by atoms with Crippen LogP contribution in [0.5, 0.6) is 5.75 Å². The molecule has 3 nitrogen and oxygen atoms in total. The van der Waals surface area contributed by atoms with Crippen LogP contribution in [0.1, 0.15) is 25.3 Å². The van der Waals surface area contributed by atoms with Gasteiger partial charge in [-0.15, -0.1) is 0 Å². The van der Waals surface area contributed by atoms with Crippen molar-refractivity contribution in [2.75, 3.05) is 19.6 Å².